The Morgan fingerprint density at radius 3 is 2.22 bits per heavy atom. The van der Waals surface area contributed by atoms with E-state index < -0.39 is 15.6 Å². The molecule has 5 heteroatoms. The zero-order valence-corrected chi connectivity index (χ0v) is 12.8. The minimum atomic E-state index is -3.19. The predicted molar refractivity (Wildman–Crippen MR) is 75.9 cm³/mol. The van der Waals surface area contributed by atoms with Gasteiger partial charge in [0.05, 0.1) is 5.25 Å². The average molecular weight is 276 g/mol. The molecule has 1 rings (SSSR count). The molecule has 0 aromatic rings. The molecule has 0 aromatic carbocycles. The van der Waals surface area contributed by atoms with Gasteiger partial charge in [-0.2, -0.15) is 4.31 Å². The SMILES string of the molecule is CCCN(C(C)(CC)CN)S(=O)(=O)C1CCCC1. The van der Waals surface area contributed by atoms with Crippen LogP contribution in [0.4, 0.5) is 0 Å². The third-order valence-corrected chi connectivity index (χ3v) is 6.81. The molecular weight excluding hydrogens is 248 g/mol. The molecule has 0 aliphatic heterocycles. The van der Waals surface area contributed by atoms with E-state index in [1.807, 2.05) is 20.8 Å². The fourth-order valence-electron chi connectivity index (χ4n) is 2.70. The maximum Gasteiger partial charge on any atom is 0.217 e. The van der Waals surface area contributed by atoms with Crippen LogP contribution in [0, 0.1) is 0 Å². The third kappa shape index (κ3) is 3.06. The van der Waals surface area contributed by atoms with Gasteiger partial charge in [-0.3, -0.25) is 0 Å². The van der Waals surface area contributed by atoms with Crippen molar-refractivity contribution in [2.75, 3.05) is 13.1 Å². The van der Waals surface area contributed by atoms with Crippen molar-refractivity contribution in [2.45, 2.75) is 70.1 Å². The van der Waals surface area contributed by atoms with Crippen LogP contribution in [-0.2, 0) is 10.0 Å². The van der Waals surface area contributed by atoms with Crippen LogP contribution in [0.1, 0.15) is 59.3 Å². The fraction of sp³-hybridized carbons (Fsp3) is 1.00. The van der Waals surface area contributed by atoms with Crippen LogP contribution in [0.5, 0.6) is 0 Å². The summed E-state index contributed by atoms with van der Waals surface area (Å²) in [4.78, 5) is 0. The second-order valence-electron chi connectivity index (χ2n) is 5.58. The van der Waals surface area contributed by atoms with Gasteiger partial charge in [0.2, 0.25) is 10.0 Å². The molecule has 18 heavy (non-hydrogen) atoms. The van der Waals surface area contributed by atoms with Gasteiger partial charge >= 0.3 is 0 Å². The summed E-state index contributed by atoms with van der Waals surface area (Å²) >= 11 is 0. The molecule has 108 valence electrons. The van der Waals surface area contributed by atoms with E-state index in [2.05, 4.69) is 0 Å². The van der Waals surface area contributed by atoms with E-state index in [-0.39, 0.29) is 5.25 Å². The van der Waals surface area contributed by atoms with Crippen LogP contribution in [0.15, 0.2) is 0 Å². The Labute approximate surface area is 112 Å². The van der Waals surface area contributed by atoms with Gasteiger partial charge in [-0.25, -0.2) is 8.42 Å². The summed E-state index contributed by atoms with van der Waals surface area (Å²) in [6.45, 7) is 6.97. The molecule has 0 saturated heterocycles. The van der Waals surface area contributed by atoms with Crippen molar-refractivity contribution in [1.82, 2.24) is 4.31 Å². The second-order valence-corrected chi connectivity index (χ2v) is 7.72. The van der Waals surface area contributed by atoms with Gasteiger partial charge in [0.25, 0.3) is 0 Å². The van der Waals surface area contributed by atoms with Crippen molar-refractivity contribution in [3.05, 3.63) is 0 Å². The maximum absolute atomic E-state index is 12.8. The standard InChI is InChI=1S/C13H28N2O2S/c1-4-10-15(13(3,5-2)11-14)18(16,17)12-8-6-7-9-12/h12H,4-11,14H2,1-3H3. The van der Waals surface area contributed by atoms with E-state index in [4.69, 9.17) is 5.73 Å². The highest BCUT2D eigenvalue weighted by Crippen LogP contribution is 2.32. The lowest BCUT2D eigenvalue weighted by molar-refractivity contribution is 0.204. The molecule has 1 saturated carbocycles. The molecule has 0 spiro atoms. The lowest BCUT2D eigenvalue weighted by Gasteiger charge is -2.40. The molecule has 0 heterocycles. The molecule has 0 aromatic heterocycles. The van der Waals surface area contributed by atoms with Gasteiger partial charge in [-0.1, -0.05) is 26.7 Å². The Morgan fingerprint density at radius 2 is 1.83 bits per heavy atom. The number of hydrogen-bond acceptors (Lipinski definition) is 3. The molecule has 4 nitrogen and oxygen atoms in total. The summed E-state index contributed by atoms with van der Waals surface area (Å²) in [7, 11) is -3.19. The first-order valence-corrected chi connectivity index (χ1v) is 8.64. The Bertz CT molecular complexity index is 344. The lowest BCUT2D eigenvalue weighted by Crippen LogP contribution is -2.56. The highest BCUT2D eigenvalue weighted by Gasteiger charge is 2.41. The first-order chi connectivity index (χ1) is 8.42. The van der Waals surface area contributed by atoms with Gasteiger partial charge < -0.3 is 5.73 Å². The van der Waals surface area contributed by atoms with E-state index >= 15 is 0 Å². The quantitative estimate of drug-likeness (QED) is 0.774. The summed E-state index contributed by atoms with van der Waals surface area (Å²) in [5, 5.41) is -0.179. The van der Waals surface area contributed by atoms with Crippen molar-refractivity contribution in [2.24, 2.45) is 5.73 Å². The van der Waals surface area contributed by atoms with Gasteiger partial charge in [0, 0.05) is 18.6 Å². The Morgan fingerprint density at radius 1 is 1.28 bits per heavy atom. The molecule has 2 N–H and O–H groups in total. The monoisotopic (exact) mass is 276 g/mol. The van der Waals surface area contributed by atoms with E-state index in [1.165, 1.54) is 0 Å². The summed E-state index contributed by atoms with van der Waals surface area (Å²) in [5.41, 5.74) is 5.40. The summed E-state index contributed by atoms with van der Waals surface area (Å²) < 4.78 is 27.2. The van der Waals surface area contributed by atoms with Gasteiger partial charge in [0.1, 0.15) is 0 Å². The smallest absolute Gasteiger partial charge is 0.217 e. The van der Waals surface area contributed by atoms with Crippen molar-refractivity contribution in [3.8, 4) is 0 Å². The Kier molecular flexibility index (Phi) is 5.62. The van der Waals surface area contributed by atoms with Crippen LogP contribution in [-0.4, -0.2) is 36.6 Å². The van der Waals surface area contributed by atoms with Crippen molar-refractivity contribution < 1.29 is 8.42 Å². The molecule has 1 atom stereocenters. The summed E-state index contributed by atoms with van der Waals surface area (Å²) in [6.07, 6.45) is 5.29. The van der Waals surface area contributed by atoms with Gasteiger partial charge in [0.15, 0.2) is 0 Å². The molecule has 1 aliphatic rings. The van der Waals surface area contributed by atoms with E-state index in [0.29, 0.717) is 13.1 Å². The first kappa shape index (κ1) is 15.9. The molecular formula is C13H28N2O2S. The Balaban J connectivity index is 3.03. The second kappa shape index (κ2) is 6.35. The number of nitrogens with zero attached hydrogens (tertiary/aromatic N) is 1. The molecule has 1 aliphatic carbocycles. The van der Waals surface area contributed by atoms with Crippen molar-refractivity contribution in [3.63, 3.8) is 0 Å². The number of rotatable bonds is 7. The van der Waals surface area contributed by atoms with Crippen LogP contribution in [0.2, 0.25) is 0 Å². The highest BCUT2D eigenvalue weighted by atomic mass is 32.2. The molecule has 1 unspecified atom stereocenters. The Hall–Kier alpha value is -0.130. The number of hydrogen-bond donors (Lipinski definition) is 1. The highest BCUT2D eigenvalue weighted by molar-refractivity contribution is 7.89. The zero-order chi connectivity index (χ0) is 13.8. The van der Waals surface area contributed by atoms with Crippen LogP contribution in [0.3, 0.4) is 0 Å². The van der Waals surface area contributed by atoms with Crippen molar-refractivity contribution in [1.29, 1.82) is 0 Å². The fourth-order valence-corrected chi connectivity index (χ4v) is 5.24. The molecule has 0 amide bonds. The molecule has 1 fully saturated rings. The summed E-state index contributed by atoms with van der Waals surface area (Å²) in [5.74, 6) is 0. The third-order valence-electron chi connectivity index (χ3n) is 4.26. The normalized spacial score (nSPS) is 21.4. The van der Waals surface area contributed by atoms with E-state index in [1.54, 1.807) is 4.31 Å². The van der Waals surface area contributed by atoms with Crippen LogP contribution >= 0.6 is 0 Å². The summed E-state index contributed by atoms with van der Waals surface area (Å²) in [6, 6.07) is 0. The number of sulfonamides is 1. The lowest BCUT2D eigenvalue weighted by atomic mass is 9.99. The largest absolute Gasteiger partial charge is 0.329 e. The minimum absolute atomic E-state index is 0.179. The average Bonchev–Trinajstić information content (AvgIpc) is 2.89. The zero-order valence-electron chi connectivity index (χ0n) is 12.0. The van der Waals surface area contributed by atoms with Crippen molar-refractivity contribution >= 4 is 10.0 Å². The van der Waals surface area contributed by atoms with E-state index in [9.17, 15) is 8.42 Å². The van der Waals surface area contributed by atoms with E-state index in [0.717, 1.165) is 38.5 Å². The topological polar surface area (TPSA) is 63.4 Å². The predicted octanol–water partition coefficient (Wildman–Crippen LogP) is 2.10. The first-order valence-electron chi connectivity index (χ1n) is 7.14. The minimum Gasteiger partial charge on any atom is -0.329 e. The number of nitrogens with two attached hydrogens (primary N) is 1. The van der Waals surface area contributed by atoms with Crippen LogP contribution < -0.4 is 5.73 Å². The molecule has 0 radical (unpaired) electrons. The van der Waals surface area contributed by atoms with Gasteiger partial charge in [-0.05, 0) is 32.6 Å². The maximum atomic E-state index is 12.8. The van der Waals surface area contributed by atoms with Crippen LogP contribution in [0.25, 0.3) is 0 Å². The van der Waals surface area contributed by atoms with Gasteiger partial charge in [-0.15, -0.1) is 0 Å². The molecule has 0 bridgehead atoms.